The average Bonchev–Trinajstić information content (AvgIpc) is 3.67. The summed E-state index contributed by atoms with van der Waals surface area (Å²) >= 11 is 12.4. The summed E-state index contributed by atoms with van der Waals surface area (Å²) in [6, 6.07) is 9.83. The third-order valence-electron chi connectivity index (χ3n) is 8.35. The monoisotopic (exact) mass is 577 g/mol. The number of hydrogen-bond donors (Lipinski definition) is 1. The maximum absolute atomic E-state index is 15.3. The first-order valence-corrected chi connectivity index (χ1v) is 14.1. The van der Waals surface area contributed by atoms with E-state index in [2.05, 4.69) is 17.9 Å². The predicted octanol–water partition coefficient (Wildman–Crippen LogP) is 6.76. The first-order chi connectivity index (χ1) is 18.6. The number of nitrogens with zero attached hydrogens (tertiary/aromatic N) is 3. The molecule has 2 aromatic carbocycles. The van der Waals surface area contributed by atoms with Crippen molar-refractivity contribution in [3.05, 3.63) is 57.3 Å². The molecule has 2 saturated heterocycles. The van der Waals surface area contributed by atoms with E-state index in [4.69, 9.17) is 27.9 Å². The number of aliphatic carboxylic acids is 1. The number of halogens is 4. The van der Waals surface area contributed by atoms with Crippen molar-refractivity contribution in [1.29, 1.82) is 5.26 Å². The molecule has 5 rings (SSSR count). The van der Waals surface area contributed by atoms with E-state index in [0.29, 0.717) is 41.7 Å². The van der Waals surface area contributed by atoms with Gasteiger partial charge in [0.05, 0.1) is 23.7 Å². The number of ether oxygens (including phenoxy) is 1. The number of anilines is 1. The molecule has 1 N–H and O–H groups in total. The van der Waals surface area contributed by atoms with Crippen molar-refractivity contribution in [2.24, 2.45) is 5.41 Å². The Bertz CT molecular complexity index is 1270. The van der Waals surface area contributed by atoms with Crippen LogP contribution in [0.1, 0.15) is 62.1 Å². The normalized spacial score (nSPS) is 23.8. The molecule has 3 fully saturated rings. The summed E-state index contributed by atoms with van der Waals surface area (Å²) in [5.41, 5.74) is 1.17. The minimum atomic E-state index is -1.33. The van der Waals surface area contributed by atoms with Crippen molar-refractivity contribution >= 4 is 34.9 Å². The van der Waals surface area contributed by atoms with Gasteiger partial charge in [0.25, 0.3) is 0 Å². The van der Waals surface area contributed by atoms with Crippen LogP contribution < -0.4 is 9.64 Å². The van der Waals surface area contributed by atoms with Crippen LogP contribution in [0.5, 0.6) is 5.75 Å². The fraction of sp³-hybridized carbons (Fsp3) is 0.517. The zero-order valence-electron chi connectivity index (χ0n) is 21.7. The van der Waals surface area contributed by atoms with E-state index >= 15 is 4.39 Å². The average molecular weight is 578 g/mol. The summed E-state index contributed by atoms with van der Waals surface area (Å²) in [6.45, 7) is 3.42. The molecule has 2 aromatic rings. The van der Waals surface area contributed by atoms with Crippen molar-refractivity contribution < 1.29 is 23.4 Å². The van der Waals surface area contributed by atoms with Crippen LogP contribution in [0.3, 0.4) is 0 Å². The summed E-state index contributed by atoms with van der Waals surface area (Å²) in [7, 11) is 0. The standard InChI is InChI=1S/C29H31Cl2F2N3O3/c1-17(19-8-20(30)10-21(31)9-19)35-6-4-29(15-34,5-7-35)16-39-27-13-24(33)25(12-23(27)18-2-3-18)36-14-22(32)11-26(36)28(37)38/h8-10,12-13,17-18,22,26H,2-7,11,14,16H2,1H3,(H,37,38)/t17-,22?,26?/m0/s1. The molecule has 0 radical (unpaired) electrons. The Hall–Kier alpha value is -2.60. The number of carboxylic acids is 1. The zero-order valence-corrected chi connectivity index (χ0v) is 23.2. The summed E-state index contributed by atoms with van der Waals surface area (Å²) < 4.78 is 35.5. The van der Waals surface area contributed by atoms with Crippen LogP contribution in [0.2, 0.25) is 10.0 Å². The molecule has 0 amide bonds. The molecule has 0 spiro atoms. The largest absolute Gasteiger partial charge is 0.492 e. The highest BCUT2D eigenvalue weighted by Gasteiger charge is 2.41. The Morgan fingerprint density at radius 3 is 2.46 bits per heavy atom. The molecule has 0 bridgehead atoms. The van der Waals surface area contributed by atoms with E-state index in [-0.39, 0.29) is 37.2 Å². The Labute approximate surface area is 237 Å². The van der Waals surface area contributed by atoms with Gasteiger partial charge in [-0.05, 0) is 73.9 Å². The van der Waals surface area contributed by atoms with E-state index in [1.165, 1.54) is 11.0 Å². The van der Waals surface area contributed by atoms with Crippen LogP contribution in [0.4, 0.5) is 14.5 Å². The minimum absolute atomic E-state index is 0.0751. The molecule has 6 nitrogen and oxygen atoms in total. The fourth-order valence-electron chi connectivity index (χ4n) is 5.77. The van der Waals surface area contributed by atoms with Gasteiger partial charge < -0.3 is 14.7 Å². The molecular weight excluding hydrogens is 547 g/mol. The van der Waals surface area contributed by atoms with Gasteiger partial charge in [0.15, 0.2) is 0 Å². The second-order valence-electron chi connectivity index (χ2n) is 11.1. The first kappa shape index (κ1) is 27.9. The third-order valence-corrected chi connectivity index (χ3v) is 8.79. The molecule has 3 atom stereocenters. The van der Waals surface area contributed by atoms with Crippen LogP contribution in [0, 0.1) is 22.6 Å². The molecule has 1 aliphatic carbocycles. The number of hydrogen-bond acceptors (Lipinski definition) is 5. The van der Waals surface area contributed by atoms with E-state index < -0.39 is 29.4 Å². The van der Waals surface area contributed by atoms with Gasteiger partial charge in [-0.15, -0.1) is 0 Å². The topological polar surface area (TPSA) is 76.8 Å². The summed E-state index contributed by atoms with van der Waals surface area (Å²) in [6.07, 6.45) is 1.52. The number of piperidine rings is 1. The molecule has 2 aliphatic heterocycles. The Kier molecular flexibility index (Phi) is 7.96. The number of carboxylic acid groups (broad SMARTS) is 1. The lowest BCUT2D eigenvalue weighted by atomic mass is 9.80. The maximum Gasteiger partial charge on any atom is 0.326 e. The Morgan fingerprint density at radius 2 is 1.87 bits per heavy atom. The number of likely N-dealkylation sites (tertiary alicyclic amines) is 1. The van der Waals surface area contributed by atoms with Crippen LogP contribution >= 0.6 is 23.2 Å². The van der Waals surface area contributed by atoms with Gasteiger partial charge in [-0.3, -0.25) is 4.90 Å². The molecule has 10 heteroatoms. The molecule has 2 unspecified atom stereocenters. The van der Waals surface area contributed by atoms with E-state index in [0.717, 1.165) is 24.0 Å². The van der Waals surface area contributed by atoms with Gasteiger partial charge in [0.1, 0.15) is 30.4 Å². The maximum atomic E-state index is 15.3. The molecule has 1 saturated carbocycles. The summed E-state index contributed by atoms with van der Waals surface area (Å²) in [5.74, 6) is -1.26. The van der Waals surface area contributed by atoms with E-state index in [1.54, 1.807) is 12.1 Å². The number of nitriles is 1. The lowest BCUT2D eigenvalue weighted by Gasteiger charge is -2.40. The zero-order chi connectivity index (χ0) is 27.9. The lowest BCUT2D eigenvalue weighted by molar-refractivity contribution is -0.138. The molecule has 3 aliphatic rings. The summed E-state index contributed by atoms with van der Waals surface area (Å²) in [5, 5.41) is 20.8. The van der Waals surface area contributed by atoms with Crippen molar-refractivity contribution in [2.45, 2.75) is 63.2 Å². The van der Waals surface area contributed by atoms with Crippen LogP contribution in [0.15, 0.2) is 30.3 Å². The van der Waals surface area contributed by atoms with Crippen LogP contribution in [-0.2, 0) is 4.79 Å². The van der Waals surface area contributed by atoms with Crippen molar-refractivity contribution in [2.75, 3.05) is 31.1 Å². The van der Waals surface area contributed by atoms with Crippen LogP contribution in [-0.4, -0.2) is 54.4 Å². The lowest BCUT2D eigenvalue weighted by Crippen LogP contribution is -2.43. The number of alkyl halides is 1. The van der Waals surface area contributed by atoms with Crippen molar-refractivity contribution in [3.63, 3.8) is 0 Å². The van der Waals surface area contributed by atoms with Crippen LogP contribution in [0.25, 0.3) is 0 Å². The second kappa shape index (κ2) is 11.1. The number of rotatable bonds is 8. The SMILES string of the molecule is C[C@@H](c1cc(Cl)cc(Cl)c1)N1CCC(C#N)(COc2cc(F)c(N3CC(F)CC3C(=O)O)cc2C2CC2)CC1. The van der Waals surface area contributed by atoms with Gasteiger partial charge in [-0.2, -0.15) is 5.26 Å². The Morgan fingerprint density at radius 1 is 1.21 bits per heavy atom. The van der Waals surface area contributed by atoms with Gasteiger partial charge >= 0.3 is 5.97 Å². The van der Waals surface area contributed by atoms with Crippen molar-refractivity contribution in [3.8, 4) is 11.8 Å². The van der Waals surface area contributed by atoms with E-state index in [1.807, 2.05) is 12.1 Å². The van der Waals surface area contributed by atoms with Gasteiger partial charge in [-0.25, -0.2) is 13.6 Å². The highest BCUT2D eigenvalue weighted by Crippen LogP contribution is 2.47. The quantitative estimate of drug-likeness (QED) is 0.373. The first-order valence-electron chi connectivity index (χ1n) is 13.3. The van der Waals surface area contributed by atoms with E-state index in [9.17, 15) is 19.6 Å². The molecule has 208 valence electrons. The third kappa shape index (κ3) is 5.96. The second-order valence-corrected chi connectivity index (χ2v) is 11.9. The van der Waals surface area contributed by atoms with Gasteiger partial charge in [-0.1, -0.05) is 23.2 Å². The fourth-order valence-corrected chi connectivity index (χ4v) is 6.32. The smallest absolute Gasteiger partial charge is 0.326 e. The predicted molar refractivity (Wildman–Crippen MR) is 146 cm³/mol. The van der Waals surface area contributed by atoms with Gasteiger partial charge in [0.2, 0.25) is 0 Å². The molecule has 2 heterocycles. The minimum Gasteiger partial charge on any atom is -0.492 e. The van der Waals surface area contributed by atoms with Gasteiger partial charge in [0, 0.05) is 41.7 Å². The molecule has 0 aromatic heterocycles. The molecular formula is C29H31Cl2F2N3O3. The number of benzene rings is 2. The summed E-state index contributed by atoms with van der Waals surface area (Å²) in [4.78, 5) is 15.3. The Balaban J connectivity index is 1.29. The van der Waals surface area contributed by atoms with Crippen molar-refractivity contribution in [1.82, 2.24) is 4.90 Å². The number of carbonyl (C=O) groups is 1. The highest BCUT2D eigenvalue weighted by atomic mass is 35.5. The molecule has 39 heavy (non-hydrogen) atoms. The highest BCUT2D eigenvalue weighted by molar-refractivity contribution is 6.34.